The second-order valence-corrected chi connectivity index (χ2v) is 3.71. The second-order valence-electron chi connectivity index (χ2n) is 3.71. The number of hydrogen-bond donors (Lipinski definition) is 0. The number of pyridine rings is 1. The summed E-state index contributed by atoms with van der Waals surface area (Å²) >= 11 is 0. The molecule has 0 atom stereocenters. The molecule has 1 heterocycles. The number of benzene rings is 1. The molecule has 1 aromatic carbocycles. The van der Waals surface area contributed by atoms with E-state index in [4.69, 9.17) is 4.74 Å². The van der Waals surface area contributed by atoms with Gasteiger partial charge in [0, 0.05) is 12.4 Å². The third-order valence-corrected chi connectivity index (χ3v) is 2.52. The van der Waals surface area contributed by atoms with Crippen LogP contribution in [-0.4, -0.2) is 17.8 Å². The van der Waals surface area contributed by atoms with Crippen LogP contribution in [0.5, 0.6) is 5.75 Å². The van der Waals surface area contributed by atoms with Crippen LogP contribution in [0.3, 0.4) is 0 Å². The summed E-state index contributed by atoms with van der Waals surface area (Å²) in [6, 6.07) is 11.1. The van der Waals surface area contributed by atoms with E-state index in [0.717, 1.165) is 16.9 Å². The van der Waals surface area contributed by atoms with Gasteiger partial charge in [-0.05, 0) is 35.7 Å². The quantitative estimate of drug-likeness (QED) is 0.536. The topological polar surface area (TPSA) is 44.4 Å². The maximum absolute atomic E-state index is 9.99. The van der Waals surface area contributed by atoms with Crippen LogP contribution in [0.15, 0.2) is 48.8 Å². The fourth-order valence-corrected chi connectivity index (χ4v) is 1.58. The van der Waals surface area contributed by atoms with E-state index in [1.54, 1.807) is 19.5 Å². The minimum absolute atomic E-state index is 0. The number of aromatic nitrogens is 1. The third kappa shape index (κ3) is 3.73. The summed E-state index contributed by atoms with van der Waals surface area (Å²) in [5.41, 5.74) is 2.12. The van der Waals surface area contributed by atoms with Gasteiger partial charge >= 0.3 is 18.9 Å². The molecule has 2 rings (SSSR count). The first-order valence-electron chi connectivity index (χ1n) is 5.37. The smallest absolute Gasteiger partial charge is 0.807 e. The summed E-state index contributed by atoms with van der Waals surface area (Å²) < 4.78 is 5.07. The van der Waals surface area contributed by atoms with Crippen molar-refractivity contribution in [3.63, 3.8) is 0 Å². The normalized spacial score (nSPS) is 9.39. The zero-order valence-electron chi connectivity index (χ0n) is 10.6. The van der Waals surface area contributed by atoms with Gasteiger partial charge < -0.3 is 10.1 Å². The first-order valence-corrected chi connectivity index (χ1v) is 5.37. The Balaban J connectivity index is 0.00000162. The van der Waals surface area contributed by atoms with Gasteiger partial charge in [-0.2, -0.15) is 5.71 Å². The van der Waals surface area contributed by atoms with Crippen LogP contribution >= 0.6 is 0 Å². The van der Waals surface area contributed by atoms with Gasteiger partial charge in [-0.1, -0.05) is 18.2 Å². The number of rotatable bonds is 4. The molecule has 0 amide bonds. The predicted molar refractivity (Wildman–Crippen MR) is 68.4 cm³/mol. The number of methoxy groups -OCH3 is 1. The molecule has 0 aliphatic carbocycles. The maximum atomic E-state index is 9.99. The van der Waals surface area contributed by atoms with E-state index >= 15 is 0 Å². The molecule has 1 aromatic heterocycles. The van der Waals surface area contributed by atoms with Gasteiger partial charge in [0.15, 0.2) is 0 Å². The van der Waals surface area contributed by atoms with Crippen molar-refractivity contribution in [3.05, 3.63) is 65.3 Å². The molecule has 0 bridgehead atoms. The number of ether oxygens (including phenoxy) is 1. The zero-order valence-corrected chi connectivity index (χ0v) is 10.6. The maximum Gasteiger partial charge on any atom is 1.00 e. The summed E-state index contributed by atoms with van der Waals surface area (Å²) in [7, 11) is 1.62. The summed E-state index contributed by atoms with van der Waals surface area (Å²) in [5.74, 6) is 0.780. The minimum Gasteiger partial charge on any atom is -0.807 e. The van der Waals surface area contributed by atoms with Gasteiger partial charge in [0.25, 0.3) is 0 Å². The van der Waals surface area contributed by atoms with E-state index in [-0.39, 0.29) is 18.9 Å². The molecule has 0 N–H and O–H groups in total. The molecule has 86 valence electrons. The van der Waals surface area contributed by atoms with Gasteiger partial charge in [-0.15, -0.1) is 0 Å². The van der Waals surface area contributed by atoms with Crippen LogP contribution in [0.1, 0.15) is 11.1 Å². The zero-order chi connectivity index (χ0) is 12.1. The Kier molecular flexibility index (Phi) is 5.64. The molecule has 2 aromatic rings. The molecule has 0 saturated heterocycles. The standard InChI is InChI=1S/C14H13N2O.Li/c1-17-13-6-4-12(5-7-13)14(15)9-11-3-2-8-16-10-11;/h2-8,10H,9H2,1H3;/q-1;+1. The first-order chi connectivity index (χ1) is 8.29. The fourth-order valence-electron chi connectivity index (χ4n) is 1.58. The average Bonchev–Trinajstić information content (AvgIpc) is 2.40. The summed E-state index contributed by atoms with van der Waals surface area (Å²) in [6.45, 7) is 0. The van der Waals surface area contributed by atoms with Crippen molar-refractivity contribution in [2.75, 3.05) is 7.11 Å². The average molecular weight is 232 g/mol. The van der Waals surface area contributed by atoms with Crippen molar-refractivity contribution >= 4 is 5.71 Å². The second kappa shape index (κ2) is 7.00. The molecule has 4 heteroatoms. The van der Waals surface area contributed by atoms with Crippen LogP contribution in [0, 0.1) is 0 Å². The predicted octanol–water partition coefficient (Wildman–Crippen LogP) is -0.305. The summed E-state index contributed by atoms with van der Waals surface area (Å²) in [6.07, 6.45) is 3.95. The van der Waals surface area contributed by atoms with E-state index in [1.165, 1.54) is 0 Å². The van der Waals surface area contributed by atoms with E-state index in [1.807, 2.05) is 36.4 Å². The molecule has 0 radical (unpaired) electrons. The largest absolute Gasteiger partial charge is 1.00 e. The molecule has 0 aliphatic rings. The van der Waals surface area contributed by atoms with Gasteiger partial charge in [-0.3, -0.25) is 4.98 Å². The molecule has 0 spiro atoms. The SMILES string of the molecule is COc1ccc(C(=[N-])Cc2cccnc2)cc1.[Li+]. The van der Waals surface area contributed by atoms with Crippen molar-refractivity contribution < 1.29 is 23.6 Å². The van der Waals surface area contributed by atoms with Gasteiger partial charge in [0.2, 0.25) is 0 Å². The van der Waals surface area contributed by atoms with Crippen LogP contribution < -0.4 is 23.6 Å². The molecule has 18 heavy (non-hydrogen) atoms. The molecular formula is C14H13LiN2O. The first kappa shape index (κ1) is 14.5. The molecular weight excluding hydrogens is 219 g/mol. The summed E-state index contributed by atoms with van der Waals surface area (Å²) in [5, 5.41) is 9.99. The van der Waals surface area contributed by atoms with Crippen LogP contribution in [-0.2, 0) is 6.42 Å². The van der Waals surface area contributed by atoms with Crippen molar-refractivity contribution in [1.82, 2.24) is 4.98 Å². The van der Waals surface area contributed by atoms with E-state index < -0.39 is 0 Å². The Bertz CT molecular complexity index is 497. The number of nitrogens with zero attached hydrogens (tertiary/aromatic N) is 2. The fraction of sp³-hybridized carbons (Fsp3) is 0.143. The van der Waals surface area contributed by atoms with Crippen LogP contribution in [0.2, 0.25) is 0 Å². The van der Waals surface area contributed by atoms with E-state index in [2.05, 4.69) is 4.98 Å². The van der Waals surface area contributed by atoms with E-state index in [9.17, 15) is 5.41 Å². The Morgan fingerprint density at radius 1 is 1.22 bits per heavy atom. The Hall–Kier alpha value is -1.56. The monoisotopic (exact) mass is 232 g/mol. The Labute approximate surface area is 119 Å². The van der Waals surface area contributed by atoms with Crippen LogP contribution in [0.25, 0.3) is 5.41 Å². The molecule has 0 saturated carbocycles. The minimum atomic E-state index is 0. The van der Waals surface area contributed by atoms with Gasteiger partial charge in [0.1, 0.15) is 5.75 Å². The molecule has 0 fully saturated rings. The van der Waals surface area contributed by atoms with Gasteiger partial charge in [-0.25, -0.2) is 0 Å². The van der Waals surface area contributed by atoms with Crippen molar-refractivity contribution in [2.24, 2.45) is 0 Å². The Morgan fingerprint density at radius 2 is 1.94 bits per heavy atom. The van der Waals surface area contributed by atoms with Crippen molar-refractivity contribution in [1.29, 1.82) is 0 Å². The van der Waals surface area contributed by atoms with Crippen molar-refractivity contribution in [2.45, 2.75) is 6.42 Å². The molecule has 0 aliphatic heterocycles. The van der Waals surface area contributed by atoms with Crippen molar-refractivity contribution in [3.8, 4) is 5.75 Å². The van der Waals surface area contributed by atoms with Gasteiger partial charge in [0.05, 0.1) is 7.11 Å². The van der Waals surface area contributed by atoms with Crippen LogP contribution in [0.4, 0.5) is 0 Å². The Morgan fingerprint density at radius 3 is 2.50 bits per heavy atom. The summed E-state index contributed by atoms with van der Waals surface area (Å²) in [4.78, 5) is 4.01. The molecule has 3 nitrogen and oxygen atoms in total. The molecule has 0 unspecified atom stereocenters. The van der Waals surface area contributed by atoms with E-state index in [0.29, 0.717) is 12.1 Å². The third-order valence-electron chi connectivity index (χ3n) is 2.52. The number of hydrogen-bond acceptors (Lipinski definition) is 2.